The highest BCUT2D eigenvalue weighted by Crippen LogP contribution is 2.30. The van der Waals surface area contributed by atoms with Crippen LogP contribution >= 0.6 is 23.2 Å². The Morgan fingerprint density at radius 3 is 2.71 bits per heavy atom. The minimum atomic E-state index is -0.423. The maximum absolute atomic E-state index is 12.3. The minimum Gasteiger partial charge on any atom is -0.506 e. The number of amides is 1. The lowest BCUT2D eigenvalue weighted by Gasteiger charge is -2.07. The van der Waals surface area contributed by atoms with E-state index in [-0.39, 0.29) is 16.5 Å². The monoisotopic (exact) mass is 362 g/mol. The number of anilines is 1. The number of carbonyl (C=O) groups is 1. The molecule has 7 heteroatoms. The van der Waals surface area contributed by atoms with Crippen molar-refractivity contribution in [2.45, 2.75) is 6.92 Å². The van der Waals surface area contributed by atoms with Crippen molar-refractivity contribution in [3.05, 3.63) is 63.8 Å². The number of hydrogen-bond donors (Lipinski definition) is 2. The number of halogens is 2. The Morgan fingerprint density at radius 1 is 1.17 bits per heavy atom. The number of phenolic OH excluding ortho intramolecular Hbond substituents is 1. The zero-order valence-corrected chi connectivity index (χ0v) is 14.0. The van der Waals surface area contributed by atoms with Crippen LogP contribution in [0, 0.1) is 6.92 Å². The number of benzene rings is 2. The van der Waals surface area contributed by atoms with Gasteiger partial charge in [-0.3, -0.25) is 4.79 Å². The highest BCUT2D eigenvalue weighted by molar-refractivity contribution is 6.32. The first kappa shape index (κ1) is 16.4. The van der Waals surface area contributed by atoms with Gasteiger partial charge in [-0.25, -0.2) is 0 Å². The van der Waals surface area contributed by atoms with Gasteiger partial charge in [0.15, 0.2) is 11.5 Å². The SMILES string of the molecule is Cc1c(Cl)cccc1NC(=O)c1cc(-c2ccc(Cl)c(O)c2)on1. The van der Waals surface area contributed by atoms with Crippen LogP contribution in [0.3, 0.4) is 0 Å². The van der Waals surface area contributed by atoms with Gasteiger partial charge in [-0.1, -0.05) is 34.4 Å². The van der Waals surface area contributed by atoms with E-state index in [0.717, 1.165) is 5.56 Å². The number of nitrogens with one attached hydrogen (secondary N) is 1. The number of aromatic nitrogens is 1. The maximum atomic E-state index is 12.3. The molecule has 1 heterocycles. The summed E-state index contributed by atoms with van der Waals surface area (Å²) in [5.74, 6) is -0.158. The van der Waals surface area contributed by atoms with Crippen LogP contribution in [0.2, 0.25) is 10.0 Å². The molecular weight excluding hydrogens is 351 g/mol. The first-order valence-corrected chi connectivity index (χ1v) is 7.73. The molecule has 0 fully saturated rings. The van der Waals surface area contributed by atoms with E-state index in [1.165, 1.54) is 18.2 Å². The number of carbonyl (C=O) groups excluding carboxylic acids is 1. The summed E-state index contributed by atoms with van der Waals surface area (Å²) in [4.78, 5) is 12.3. The molecule has 1 amide bonds. The van der Waals surface area contributed by atoms with Crippen LogP contribution in [0.25, 0.3) is 11.3 Å². The molecule has 0 bridgehead atoms. The van der Waals surface area contributed by atoms with Gasteiger partial charge in [-0.2, -0.15) is 0 Å². The predicted octanol–water partition coefficient (Wildman–Crippen LogP) is 4.91. The molecule has 3 aromatic rings. The number of phenols is 1. The third-order valence-corrected chi connectivity index (χ3v) is 4.22. The number of rotatable bonds is 3. The van der Waals surface area contributed by atoms with Gasteiger partial charge in [0.05, 0.1) is 5.02 Å². The molecule has 0 atom stereocenters. The van der Waals surface area contributed by atoms with Crippen LogP contribution in [-0.2, 0) is 0 Å². The van der Waals surface area contributed by atoms with Crippen molar-refractivity contribution in [1.29, 1.82) is 0 Å². The summed E-state index contributed by atoms with van der Waals surface area (Å²) in [5, 5.41) is 16.9. The zero-order valence-electron chi connectivity index (χ0n) is 12.5. The van der Waals surface area contributed by atoms with E-state index in [9.17, 15) is 9.90 Å². The standard InChI is InChI=1S/C17H12Cl2N2O3/c1-9-11(18)3-2-4-13(9)20-17(23)14-8-16(24-21-14)10-5-6-12(19)15(22)7-10/h2-8,22H,1H3,(H,20,23). The molecule has 2 N–H and O–H groups in total. The van der Waals surface area contributed by atoms with Gasteiger partial charge in [0, 0.05) is 22.3 Å². The molecule has 0 aliphatic carbocycles. The van der Waals surface area contributed by atoms with Gasteiger partial charge in [-0.05, 0) is 42.8 Å². The Morgan fingerprint density at radius 2 is 1.96 bits per heavy atom. The van der Waals surface area contributed by atoms with Crippen LogP contribution in [0.4, 0.5) is 5.69 Å². The second kappa shape index (κ2) is 6.55. The van der Waals surface area contributed by atoms with E-state index in [1.807, 2.05) is 6.92 Å². The first-order valence-electron chi connectivity index (χ1n) is 6.98. The lowest BCUT2D eigenvalue weighted by molar-refractivity contribution is 0.101. The third-order valence-electron chi connectivity index (χ3n) is 3.49. The van der Waals surface area contributed by atoms with Crippen molar-refractivity contribution >= 4 is 34.8 Å². The molecule has 1 aromatic heterocycles. The smallest absolute Gasteiger partial charge is 0.277 e. The van der Waals surface area contributed by atoms with Gasteiger partial charge < -0.3 is 14.9 Å². The lowest BCUT2D eigenvalue weighted by atomic mass is 10.1. The normalized spacial score (nSPS) is 10.6. The molecule has 0 saturated carbocycles. The van der Waals surface area contributed by atoms with Gasteiger partial charge in [-0.15, -0.1) is 0 Å². The largest absolute Gasteiger partial charge is 0.506 e. The fourth-order valence-corrected chi connectivity index (χ4v) is 2.41. The summed E-state index contributed by atoms with van der Waals surface area (Å²) in [6.07, 6.45) is 0. The van der Waals surface area contributed by atoms with Crippen LogP contribution in [0.1, 0.15) is 16.1 Å². The van der Waals surface area contributed by atoms with Crippen molar-refractivity contribution in [2.24, 2.45) is 0 Å². The number of aromatic hydroxyl groups is 1. The second-order valence-electron chi connectivity index (χ2n) is 5.11. The molecule has 0 unspecified atom stereocenters. The Hall–Kier alpha value is -2.50. The van der Waals surface area contributed by atoms with Gasteiger partial charge in [0.1, 0.15) is 5.75 Å². The summed E-state index contributed by atoms with van der Waals surface area (Å²) in [7, 11) is 0. The van der Waals surface area contributed by atoms with Crippen molar-refractivity contribution in [3.8, 4) is 17.1 Å². The van der Waals surface area contributed by atoms with Gasteiger partial charge in [0.25, 0.3) is 5.91 Å². The summed E-state index contributed by atoms with van der Waals surface area (Å²) >= 11 is 11.8. The molecule has 122 valence electrons. The van der Waals surface area contributed by atoms with E-state index in [2.05, 4.69) is 10.5 Å². The molecular formula is C17H12Cl2N2O3. The Kier molecular flexibility index (Phi) is 4.46. The van der Waals surface area contributed by atoms with Gasteiger partial charge in [0.2, 0.25) is 0 Å². The quantitative estimate of drug-likeness (QED) is 0.693. The van der Waals surface area contributed by atoms with Crippen LogP contribution in [0.15, 0.2) is 47.0 Å². The summed E-state index contributed by atoms with van der Waals surface area (Å²) in [6, 6.07) is 11.3. The Bertz CT molecular complexity index is 922. The minimum absolute atomic E-state index is 0.0777. The highest BCUT2D eigenvalue weighted by atomic mass is 35.5. The summed E-state index contributed by atoms with van der Waals surface area (Å²) in [5.41, 5.74) is 2.03. The van der Waals surface area contributed by atoms with E-state index in [0.29, 0.717) is 22.0 Å². The molecule has 5 nitrogen and oxygen atoms in total. The predicted molar refractivity (Wildman–Crippen MR) is 92.8 cm³/mol. The van der Waals surface area contributed by atoms with Crippen LogP contribution in [-0.4, -0.2) is 16.2 Å². The van der Waals surface area contributed by atoms with Crippen molar-refractivity contribution in [1.82, 2.24) is 5.16 Å². The van der Waals surface area contributed by atoms with Crippen molar-refractivity contribution < 1.29 is 14.4 Å². The topological polar surface area (TPSA) is 75.4 Å². The molecule has 0 aliphatic rings. The second-order valence-corrected chi connectivity index (χ2v) is 5.92. The average Bonchev–Trinajstić information content (AvgIpc) is 3.04. The first-order chi connectivity index (χ1) is 11.5. The molecule has 2 aromatic carbocycles. The van der Waals surface area contributed by atoms with E-state index in [4.69, 9.17) is 27.7 Å². The molecule has 0 aliphatic heterocycles. The average molecular weight is 363 g/mol. The molecule has 0 radical (unpaired) electrons. The molecule has 0 spiro atoms. The summed E-state index contributed by atoms with van der Waals surface area (Å²) < 4.78 is 5.17. The van der Waals surface area contributed by atoms with E-state index < -0.39 is 5.91 Å². The Balaban J connectivity index is 1.83. The van der Waals surface area contributed by atoms with Crippen LogP contribution in [0.5, 0.6) is 5.75 Å². The number of hydrogen-bond acceptors (Lipinski definition) is 4. The Labute approximate surface area is 147 Å². The molecule has 3 rings (SSSR count). The van der Waals surface area contributed by atoms with E-state index >= 15 is 0 Å². The number of nitrogens with zero attached hydrogens (tertiary/aromatic N) is 1. The van der Waals surface area contributed by atoms with E-state index in [1.54, 1.807) is 24.3 Å². The molecule has 0 saturated heterocycles. The zero-order chi connectivity index (χ0) is 17.3. The fraction of sp³-hybridized carbons (Fsp3) is 0.0588. The van der Waals surface area contributed by atoms with Crippen molar-refractivity contribution in [2.75, 3.05) is 5.32 Å². The summed E-state index contributed by atoms with van der Waals surface area (Å²) in [6.45, 7) is 1.81. The van der Waals surface area contributed by atoms with Crippen LogP contribution < -0.4 is 5.32 Å². The lowest BCUT2D eigenvalue weighted by Crippen LogP contribution is -2.13. The third kappa shape index (κ3) is 3.22. The maximum Gasteiger partial charge on any atom is 0.277 e. The highest BCUT2D eigenvalue weighted by Gasteiger charge is 2.16. The molecule has 24 heavy (non-hydrogen) atoms. The van der Waals surface area contributed by atoms with Crippen molar-refractivity contribution in [3.63, 3.8) is 0 Å². The van der Waals surface area contributed by atoms with Gasteiger partial charge >= 0.3 is 0 Å². The fourth-order valence-electron chi connectivity index (χ4n) is 2.11.